The highest BCUT2D eigenvalue weighted by Gasteiger charge is 2.16. The zero-order chi connectivity index (χ0) is 9.61. The second-order valence-electron chi connectivity index (χ2n) is 4.51. The molecule has 12 heavy (non-hydrogen) atoms. The molecule has 0 aromatic heterocycles. The Morgan fingerprint density at radius 1 is 1.25 bits per heavy atom. The SMILES string of the molecule is CC[C@H](CO)CCC(C)(C)CC. The Balaban J connectivity index is 3.65. The minimum atomic E-state index is 0.357. The molecule has 0 fully saturated rings. The number of hydrogen-bond donors (Lipinski definition) is 1. The summed E-state index contributed by atoms with van der Waals surface area (Å²) in [5.74, 6) is 0.524. The van der Waals surface area contributed by atoms with Crippen LogP contribution < -0.4 is 0 Å². The lowest BCUT2D eigenvalue weighted by atomic mass is 9.82. The summed E-state index contributed by atoms with van der Waals surface area (Å²) in [6, 6.07) is 0. The fourth-order valence-electron chi connectivity index (χ4n) is 1.20. The Hall–Kier alpha value is -0.0400. The molecule has 0 aliphatic rings. The molecule has 0 aliphatic heterocycles. The average Bonchev–Trinajstić information content (AvgIpc) is 2.06. The largest absolute Gasteiger partial charge is 0.396 e. The first kappa shape index (κ1) is 12.0. The van der Waals surface area contributed by atoms with Crippen LogP contribution in [0, 0.1) is 11.3 Å². The molecule has 0 aromatic rings. The summed E-state index contributed by atoms with van der Waals surface area (Å²) in [6.45, 7) is 9.35. The van der Waals surface area contributed by atoms with Gasteiger partial charge in [-0.05, 0) is 24.2 Å². The second-order valence-corrected chi connectivity index (χ2v) is 4.51. The van der Waals surface area contributed by atoms with Gasteiger partial charge in [0.05, 0.1) is 0 Å². The van der Waals surface area contributed by atoms with E-state index in [2.05, 4.69) is 27.7 Å². The van der Waals surface area contributed by atoms with Gasteiger partial charge < -0.3 is 5.11 Å². The molecule has 0 amide bonds. The molecule has 1 atom stereocenters. The Labute approximate surface area is 77.2 Å². The number of hydrogen-bond acceptors (Lipinski definition) is 1. The summed E-state index contributed by atoms with van der Waals surface area (Å²) in [7, 11) is 0. The minimum Gasteiger partial charge on any atom is -0.396 e. The smallest absolute Gasteiger partial charge is 0.0459 e. The van der Waals surface area contributed by atoms with Crippen LogP contribution in [0.15, 0.2) is 0 Å². The summed E-state index contributed by atoms with van der Waals surface area (Å²) in [5, 5.41) is 9.00. The van der Waals surface area contributed by atoms with Crippen molar-refractivity contribution in [3.8, 4) is 0 Å². The van der Waals surface area contributed by atoms with Gasteiger partial charge in [-0.1, -0.05) is 40.5 Å². The molecule has 0 saturated carbocycles. The predicted octanol–water partition coefficient (Wildman–Crippen LogP) is 3.22. The highest BCUT2D eigenvalue weighted by Crippen LogP contribution is 2.28. The van der Waals surface area contributed by atoms with Crippen molar-refractivity contribution in [2.24, 2.45) is 11.3 Å². The fraction of sp³-hybridized carbons (Fsp3) is 1.00. The molecule has 0 radical (unpaired) electrons. The second kappa shape index (κ2) is 5.58. The number of aliphatic hydroxyl groups excluding tert-OH is 1. The highest BCUT2D eigenvalue weighted by molar-refractivity contribution is 4.68. The fourth-order valence-corrected chi connectivity index (χ4v) is 1.20. The maximum absolute atomic E-state index is 9.00. The molecular formula is C11H24O. The zero-order valence-corrected chi connectivity index (χ0v) is 9.06. The summed E-state index contributed by atoms with van der Waals surface area (Å²) in [4.78, 5) is 0. The van der Waals surface area contributed by atoms with Crippen LogP contribution in [0.1, 0.15) is 53.4 Å². The molecule has 1 N–H and O–H groups in total. The maximum Gasteiger partial charge on any atom is 0.0459 e. The standard InChI is InChI=1S/C11H24O/c1-5-10(9-12)7-8-11(3,4)6-2/h10,12H,5-9H2,1-4H3/t10-/m0/s1. The van der Waals surface area contributed by atoms with E-state index < -0.39 is 0 Å². The monoisotopic (exact) mass is 172 g/mol. The van der Waals surface area contributed by atoms with E-state index in [0.717, 1.165) is 6.42 Å². The molecule has 0 saturated heterocycles. The Morgan fingerprint density at radius 3 is 2.17 bits per heavy atom. The van der Waals surface area contributed by atoms with Crippen molar-refractivity contribution in [2.45, 2.75) is 53.4 Å². The van der Waals surface area contributed by atoms with E-state index in [0.29, 0.717) is 17.9 Å². The molecule has 0 aliphatic carbocycles. The first-order valence-corrected chi connectivity index (χ1v) is 5.16. The summed E-state index contributed by atoms with van der Waals surface area (Å²) < 4.78 is 0. The summed E-state index contributed by atoms with van der Waals surface area (Å²) in [5.41, 5.74) is 0.461. The lowest BCUT2D eigenvalue weighted by molar-refractivity contribution is 0.190. The average molecular weight is 172 g/mol. The molecule has 1 heteroatoms. The third-order valence-corrected chi connectivity index (χ3v) is 3.02. The van der Waals surface area contributed by atoms with Gasteiger partial charge in [0.25, 0.3) is 0 Å². The summed E-state index contributed by atoms with van der Waals surface area (Å²) in [6.07, 6.45) is 4.75. The van der Waals surface area contributed by atoms with Gasteiger partial charge in [-0.2, -0.15) is 0 Å². The van der Waals surface area contributed by atoms with Gasteiger partial charge in [0.1, 0.15) is 0 Å². The minimum absolute atomic E-state index is 0.357. The van der Waals surface area contributed by atoms with Crippen molar-refractivity contribution in [1.29, 1.82) is 0 Å². The lowest BCUT2D eigenvalue weighted by Gasteiger charge is -2.24. The van der Waals surface area contributed by atoms with Gasteiger partial charge in [0.2, 0.25) is 0 Å². The Morgan fingerprint density at radius 2 is 1.83 bits per heavy atom. The van der Waals surface area contributed by atoms with E-state index in [1.54, 1.807) is 0 Å². The Bertz CT molecular complexity index is 104. The summed E-state index contributed by atoms with van der Waals surface area (Å²) >= 11 is 0. The third-order valence-electron chi connectivity index (χ3n) is 3.02. The lowest BCUT2D eigenvalue weighted by Crippen LogP contribution is -2.13. The normalized spacial score (nSPS) is 14.8. The van der Waals surface area contributed by atoms with E-state index >= 15 is 0 Å². The van der Waals surface area contributed by atoms with Crippen molar-refractivity contribution >= 4 is 0 Å². The van der Waals surface area contributed by atoms with Crippen LogP contribution in [-0.4, -0.2) is 11.7 Å². The van der Waals surface area contributed by atoms with Crippen LogP contribution >= 0.6 is 0 Å². The first-order valence-electron chi connectivity index (χ1n) is 5.16. The zero-order valence-electron chi connectivity index (χ0n) is 9.06. The number of rotatable bonds is 6. The molecule has 1 nitrogen and oxygen atoms in total. The first-order chi connectivity index (χ1) is 5.55. The predicted molar refractivity (Wildman–Crippen MR) is 54.2 cm³/mol. The number of aliphatic hydroxyl groups is 1. The molecule has 0 rings (SSSR count). The van der Waals surface area contributed by atoms with Crippen LogP contribution in [0.3, 0.4) is 0 Å². The highest BCUT2D eigenvalue weighted by atomic mass is 16.3. The van der Waals surface area contributed by atoms with Gasteiger partial charge in [-0.15, -0.1) is 0 Å². The van der Waals surface area contributed by atoms with Crippen molar-refractivity contribution < 1.29 is 5.11 Å². The van der Waals surface area contributed by atoms with E-state index in [9.17, 15) is 0 Å². The van der Waals surface area contributed by atoms with Gasteiger partial charge in [0, 0.05) is 6.61 Å². The molecular weight excluding hydrogens is 148 g/mol. The molecule has 0 heterocycles. The van der Waals surface area contributed by atoms with Crippen molar-refractivity contribution in [2.75, 3.05) is 6.61 Å². The molecule has 0 bridgehead atoms. The van der Waals surface area contributed by atoms with Gasteiger partial charge in [-0.25, -0.2) is 0 Å². The quantitative estimate of drug-likeness (QED) is 0.652. The van der Waals surface area contributed by atoms with Crippen molar-refractivity contribution in [1.82, 2.24) is 0 Å². The van der Waals surface area contributed by atoms with E-state index in [-0.39, 0.29) is 0 Å². The van der Waals surface area contributed by atoms with Gasteiger partial charge in [-0.3, -0.25) is 0 Å². The van der Waals surface area contributed by atoms with Gasteiger partial charge >= 0.3 is 0 Å². The molecule has 0 spiro atoms. The van der Waals surface area contributed by atoms with Crippen LogP contribution in [0.4, 0.5) is 0 Å². The van der Waals surface area contributed by atoms with E-state index in [4.69, 9.17) is 5.11 Å². The Kier molecular flexibility index (Phi) is 5.56. The maximum atomic E-state index is 9.00. The molecule has 0 aromatic carbocycles. The van der Waals surface area contributed by atoms with Crippen LogP contribution in [0.2, 0.25) is 0 Å². The van der Waals surface area contributed by atoms with Crippen molar-refractivity contribution in [3.63, 3.8) is 0 Å². The third kappa shape index (κ3) is 4.76. The van der Waals surface area contributed by atoms with Crippen LogP contribution in [-0.2, 0) is 0 Å². The van der Waals surface area contributed by atoms with Gasteiger partial charge in [0.15, 0.2) is 0 Å². The van der Waals surface area contributed by atoms with E-state index in [1.165, 1.54) is 19.3 Å². The molecule has 0 unspecified atom stereocenters. The van der Waals surface area contributed by atoms with Crippen LogP contribution in [0.25, 0.3) is 0 Å². The van der Waals surface area contributed by atoms with Crippen LogP contribution in [0.5, 0.6) is 0 Å². The topological polar surface area (TPSA) is 20.2 Å². The van der Waals surface area contributed by atoms with E-state index in [1.807, 2.05) is 0 Å². The van der Waals surface area contributed by atoms with Crippen molar-refractivity contribution in [3.05, 3.63) is 0 Å². The molecule has 74 valence electrons.